The van der Waals surface area contributed by atoms with Gasteiger partial charge in [0.15, 0.2) is 29.7 Å². The van der Waals surface area contributed by atoms with Gasteiger partial charge in [-0.05, 0) is 6.07 Å². The zero-order valence-electron chi connectivity index (χ0n) is 19.6. The Labute approximate surface area is 207 Å². The number of carbonyl (C=O) groups is 1. The van der Waals surface area contributed by atoms with Crippen LogP contribution in [0.15, 0.2) is 40.4 Å². The number of aliphatic hydroxyl groups is 2. The SMILES string of the molecule is Cn1c(=O)c2c(ncn2CCOC(=O)c2ccc[n+]([C@@H]3O[C@H](COP(=O)(O)O)[C@@H](O)[C@H]3O)c2)n(C)c1=O. The van der Waals surface area contributed by atoms with E-state index >= 15 is 0 Å². The van der Waals surface area contributed by atoms with E-state index in [2.05, 4.69) is 9.51 Å². The largest absolute Gasteiger partial charge is 0.469 e. The Morgan fingerprint density at radius 2 is 1.95 bits per heavy atom. The molecule has 0 unspecified atom stereocenters. The first-order valence-electron chi connectivity index (χ1n) is 10.9. The fraction of sp³-hybridized carbons (Fsp3) is 0.450. The molecule has 16 nitrogen and oxygen atoms in total. The van der Waals surface area contributed by atoms with Gasteiger partial charge in [0.1, 0.15) is 24.4 Å². The van der Waals surface area contributed by atoms with Gasteiger partial charge >= 0.3 is 19.5 Å². The van der Waals surface area contributed by atoms with Crippen molar-refractivity contribution in [2.24, 2.45) is 14.1 Å². The zero-order valence-corrected chi connectivity index (χ0v) is 20.5. The number of hydrogen-bond donors (Lipinski definition) is 4. The van der Waals surface area contributed by atoms with E-state index in [1.165, 1.54) is 58.7 Å². The molecule has 200 valence electrons. The third-order valence-electron chi connectivity index (χ3n) is 5.88. The highest BCUT2D eigenvalue weighted by Crippen LogP contribution is 2.37. The summed E-state index contributed by atoms with van der Waals surface area (Å²) in [6.45, 7) is -0.712. The Balaban J connectivity index is 1.43. The van der Waals surface area contributed by atoms with Crippen LogP contribution in [0.25, 0.3) is 11.2 Å². The highest BCUT2D eigenvalue weighted by atomic mass is 31.2. The minimum atomic E-state index is -4.81. The van der Waals surface area contributed by atoms with Gasteiger partial charge in [-0.25, -0.2) is 19.1 Å². The molecule has 0 bridgehead atoms. The molecule has 3 aromatic rings. The number of aryl methyl sites for hydroxylation is 1. The number of carbonyl (C=O) groups excluding carboxylic acids is 1. The second kappa shape index (κ2) is 10.3. The van der Waals surface area contributed by atoms with E-state index in [0.717, 1.165) is 4.57 Å². The number of phosphoric acid groups is 1. The maximum atomic E-state index is 12.6. The van der Waals surface area contributed by atoms with Gasteiger partial charge in [0, 0.05) is 20.2 Å². The molecule has 4 atom stereocenters. The number of imidazole rings is 1. The Morgan fingerprint density at radius 3 is 2.65 bits per heavy atom. The number of fused-ring (bicyclic) bond motifs is 1. The Bertz CT molecular complexity index is 1490. The lowest BCUT2D eigenvalue weighted by Crippen LogP contribution is -2.46. The lowest BCUT2D eigenvalue weighted by atomic mass is 10.1. The molecule has 0 spiro atoms. The third-order valence-corrected chi connectivity index (χ3v) is 6.36. The van der Waals surface area contributed by atoms with E-state index in [0.29, 0.717) is 0 Å². The minimum absolute atomic E-state index is 0.0801. The maximum absolute atomic E-state index is 12.6. The maximum Gasteiger partial charge on any atom is 0.469 e. The van der Waals surface area contributed by atoms with Crippen molar-refractivity contribution in [3.05, 3.63) is 57.3 Å². The summed E-state index contributed by atoms with van der Waals surface area (Å²) in [4.78, 5) is 59.0. The second-order valence-corrected chi connectivity index (χ2v) is 9.56. The molecule has 4 rings (SSSR count). The van der Waals surface area contributed by atoms with Crippen molar-refractivity contribution < 1.29 is 47.9 Å². The molecule has 0 aromatic carbocycles. The van der Waals surface area contributed by atoms with Crippen molar-refractivity contribution in [1.29, 1.82) is 0 Å². The van der Waals surface area contributed by atoms with Crippen molar-refractivity contribution in [3.63, 3.8) is 0 Å². The average molecular weight is 542 g/mol. The van der Waals surface area contributed by atoms with Crippen LogP contribution < -0.4 is 15.8 Å². The summed E-state index contributed by atoms with van der Waals surface area (Å²) in [5, 5.41) is 20.5. The van der Waals surface area contributed by atoms with Crippen molar-refractivity contribution in [3.8, 4) is 0 Å². The van der Waals surface area contributed by atoms with Crippen molar-refractivity contribution in [2.45, 2.75) is 31.1 Å². The predicted molar refractivity (Wildman–Crippen MR) is 121 cm³/mol. The molecule has 1 aliphatic heterocycles. The first-order valence-corrected chi connectivity index (χ1v) is 12.4. The van der Waals surface area contributed by atoms with Crippen LogP contribution in [0.3, 0.4) is 0 Å². The van der Waals surface area contributed by atoms with E-state index in [-0.39, 0.29) is 29.9 Å². The number of esters is 1. The van der Waals surface area contributed by atoms with Crippen LogP contribution >= 0.6 is 7.82 Å². The molecular weight excluding hydrogens is 517 g/mol. The Morgan fingerprint density at radius 1 is 1.22 bits per heavy atom. The minimum Gasteiger partial charge on any atom is -0.460 e. The normalized spacial score (nSPS) is 22.0. The Hall–Kier alpha value is -3.24. The molecule has 0 saturated carbocycles. The van der Waals surface area contributed by atoms with E-state index in [4.69, 9.17) is 19.3 Å². The van der Waals surface area contributed by atoms with Gasteiger partial charge in [0.2, 0.25) is 0 Å². The Kier molecular flexibility index (Phi) is 7.43. The topological polar surface area (TPSA) is 208 Å². The van der Waals surface area contributed by atoms with Crippen LogP contribution in [0.4, 0.5) is 0 Å². The average Bonchev–Trinajstić information content (AvgIpc) is 3.41. The van der Waals surface area contributed by atoms with Crippen LogP contribution in [0.5, 0.6) is 0 Å². The highest BCUT2D eigenvalue weighted by molar-refractivity contribution is 7.46. The predicted octanol–water partition coefficient (Wildman–Crippen LogP) is -2.69. The lowest BCUT2D eigenvalue weighted by Gasteiger charge is -2.13. The second-order valence-electron chi connectivity index (χ2n) is 8.32. The number of nitrogens with zero attached hydrogens (tertiary/aromatic N) is 5. The third kappa shape index (κ3) is 5.40. The number of ether oxygens (including phenoxy) is 2. The van der Waals surface area contributed by atoms with Gasteiger partial charge in [0.25, 0.3) is 11.8 Å². The number of rotatable bonds is 8. The molecule has 37 heavy (non-hydrogen) atoms. The molecule has 4 N–H and O–H groups in total. The number of aliphatic hydroxyl groups excluding tert-OH is 2. The molecule has 17 heteroatoms. The van der Waals surface area contributed by atoms with Crippen LogP contribution in [0.1, 0.15) is 16.6 Å². The molecule has 0 aliphatic carbocycles. The van der Waals surface area contributed by atoms with E-state index < -0.39 is 56.2 Å². The summed E-state index contributed by atoms with van der Waals surface area (Å²) in [7, 11) is -1.97. The summed E-state index contributed by atoms with van der Waals surface area (Å²) < 4.78 is 31.0. The fourth-order valence-corrected chi connectivity index (χ4v) is 4.28. The number of hydrogen-bond acceptors (Lipinski definition) is 10. The van der Waals surface area contributed by atoms with Crippen LogP contribution in [-0.2, 0) is 39.2 Å². The number of pyridine rings is 1. The van der Waals surface area contributed by atoms with Gasteiger partial charge in [-0.1, -0.05) is 0 Å². The number of phosphoric ester groups is 1. The van der Waals surface area contributed by atoms with Gasteiger partial charge in [-0.15, -0.1) is 0 Å². The summed E-state index contributed by atoms with van der Waals surface area (Å²) in [6.07, 6.45) is -1.24. The van der Waals surface area contributed by atoms with Crippen LogP contribution in [-0.4, -0.2) is 76.2 Å². The van der Waals surface area contributed by atoms with Crippen LogP contribution in [0, 0.1) is 0 Å². The van der Waals surface area contributed by atoms with Crippen molar-refractivity contribution in [2.75, 3.05) is 13.2 Å². The smallest absolute Gasteiger partial charge is 0.460 e. The van der Waals surface area contributed by atoms with Gasteiger partial charge in [-0.3, -0.25) is 18.5 Å². The molecule has 1 aliphatic rings. The molecule has 0 amide bonds. The molecule has 1 saturated heterocycles. The van der Waals surface area contributed by atoms with E-state index in [1.807, 2.05) is 0 Å². The number of aromatic nitrogens is 5. The summed E-state index contributed by atoms with van der Waals surface area (Å²) >= 11 is 0. The quantitative estimate of drug-likeness (QED) is 0.130. The summed E-state index contributed by atoms with van der Waals surface area (Å²) in [5.41, 5.74) is -0.591. The molecule has 1 fully saturated rings. The fourth-order valence-electron chi connectivity index (χ4n) is 3.94. The molecule has 0 radical (unpaired) electrons. The van der Waals surface area contributed by atoms with Crippen molar-refractivity contribution >= 4 is 25.0 Å². The summed E-state index contributed by atoms with van der Waals surface area (Å²) in [5.74, 6) is -0.728. The molecule has 3 aromatic heterocycles. The van der Waals surface area contributed by atoms with Gasteiger partial charge < -0.3 is 34.0 Å². The standard InChI is InChI=1S/C20H24N5O11P/c1-22-16-13(17(28)23(2)20(22)30)25(10-21-16)6-7-34-19(29)11-4-3-5-24(8-11)18-15(27)14(26)12(36-18)9-35-37(31,32)33/h3-5,8,10,12,14-15,18,26-27H,6-7,9H2,1-2H3,(H-,31,32,33)/p+1/t12-,14-,15-,18-/m1/s1. The van der Waals surface area contributed by atoms with E-state index in [1.54, 1.807) is 0 Å². The first kappa shape index (κ1) is 26.8. The van der Waals surface area contributed by atoms with Gasteiger partial charge in [0.05, 0.1) is 19.5 Å². The molecular formula is C20H25N5O11P+. The first-order chi connectivity index (χ1) is 17.4. The monoisotopic (exact) mass is 542 g/mol. The molecule has 4 heterocycles. The summed E-state index contributed by atoms with van der Waals surface area (Å²) in [6, 6.07) is 2.93. The lowest BCUT2D eigenvalue weighted by molar-refractivity contribution is -0.765. The van der Waals surface area contributed by atoms with E-state index in [9.17, 15) is 29.2 Å². The van der Waals surface area contributed by atoms with Crippen LogP contribution in [0.2, 0.25) is 0 Å². The zero-order chi connectivity index (χ0) is 27.1. The highest BCUT2D eigenvalue weighted by Gasteiger charge is 2.49. The van der Waals surface area contributed by atoms with Crippen molar-refractivity contribution in [1.82, 2.24) is 18.7 Å². The van der Waals surface area contributed by atoms with Gasteiger partial charge in [-0.2, -0.15) is 4.57 Å².